The van der Waals surface area contributed by atoms with Gasteiger partial charge in [-0.05, 0) is 18.8 Å². The Morgan fingerprint density at radius 1 is 1.38 bits per heavy atom. The summed E-state index contributed by atoms with van der Waals surface area (Å²) in [5.74, 6) is 0.994. The molecule has 114 valence electrons. The van der Waals surface area contributed by atoms with E-state index < -0.39 is 5.60 Å². The van der Waals surface area contributed by atoms with Gasteiger partial charge in [0.25, 0.3) is 0 Å². The van der Waals surface area contributed by atoms with Gasteiger partial charge in [-0.3, -0.25) is 0 Å². The first kappa shape index (κ1) is 14.2. The topological polar surface area (TPSA) is 99.1 Å². The molecule has 1 fully saturated rings. The second-order valence-corrected chi connectivity index (χ2v) is 6.10. The van der Waals surface area contributed by atoms with Crippen LogP contribution in [0.5, 0.6) is 0 Å². The molecule has 0 aliphatic carbocycles. The van der Waals surface area contributed by atoms with Gasteiger partial charge in [0.05, 0.1) is 31.2 Å². The Labute approximate surface area is 123 Å². The molecular weight excluding hydrogens is 270 g/mol. The van der Waals surface area contributed by atoms with Crippen LogP contribution in [0.15, 0.2) is 12.7 Å². The lowest BCUT2D eigenvalue weighted by Gasteiger charge is -2.26. The Balaban J connectivity index is 1.88. The highest BCUT2D eigenvalue weighted by atomic mass is 16.5. The lowest BCUT2D eigenvalue weighted by atomic mass is 9.83. The summed E-state index contributed by atoms with van der Waals surface area (Å²) in [6.45, 7) is 6.88. The van der Waals surface area contributed by atoms with Crippen LogP contribution >= 0.6 is 0 Å². The largest absolute Gasteiger partial charge is 0.393 e. The Morgan fingerprint density at radius 3 is 2.81 bits per heavy atom. The molecule has 0 unspecified atom stereocenters. The predicted octanol–water partition coefficient (Wildman–Crippen LogP) is 0.831. The van der Waals surface area contributed by atoms with E-state index >= 15 is 0 Å². The maximum Gasteiger partial charge on any atom is 0.165 e. The number of aliphatic hydroxyl groups excluding tert-OH is 1. The quantitative estimate of drug-likeness (QED) is 0.869. The molecule has 1 saturated heterocycles. The third-order valence-corrected chi connectivity index (χ3v) is 4.88. The Hall–Kier alpha value is -1.73. The minimum absolute atomic E-state index is 0.00531. The summed E-state index contributed by atoms with van der Waals surface area (Å²) in [7, 11) is 0. The van der Waals surface area contributed by atoms with E-state index in [-0.39, 0.29) is 18.6 Å². The molecule has 0 amide bonds. The van der Waals surface area contributed by atoms with Crippen molar-refractivity contribution in [1.82, 2.24) is 19.5 Å². The van der Waals surface area contributed by atoms with Gasteiger partial charge in [-0.1, -0.05) is 13.8 Å². The minimum Gasteiger partial charge on any atom is -0.393 e. The standard InChI is InChI=1S/C14H21N5O2/c1-8-9(2)14(3,5-20)21-10(8)4-19-7-18-11-12(15)16-6-17-13(11)19/h6-10,20H,4-5H2,1-3H3,(H2,15,16,17)/t8-,9+,10+,14-/m1/s1. The number of imidazole rings is 1. The zero-order chi connectivity index (χ0) is 15.2. The predicted molar refractivity (Wildman–Crippen MR) is 78.4 cm³/mol. The second kappa shape index (κ2) is 4.92. The zero-order valence-electron chi connectivity index (χ0n) is 12.5. The van der Waals surface area contributed by atoms with Crippen molar-refractivity contribution < 1.29 is 9.84 Å². The van der Waals surface area contributed by atoms with Crippen molar-refractivity contribution in [2.24, 2.45) is 11.8 Å². The average Bonchev–Trinajstić information content (AvgIpc) is 2.97. The molecule has 0 radical (unpaired) electrons. The van der Waals surface area contributed by atoms with E-state index in [4.69, 9.17) is 10.5 Å². The molecule has 3 N–H and O–H groups in total. The highest BCUT2D eigenvalue weighted by Gasteiger charge is 2.47. The van der Waals surface area contributed by atoms with E-state index in [0.29, 0.717) is 29.4 Å². The molecule has 7 nitrogen and oxygen atoms in total. The molecule has 0 spiro atoms. The van der Waals surface area contributed by atoms with Crippen molar-refractivity contribution in [1.29, 1.82) is 0 Å². The van der Waals surface area contributed by atoms with Crippen LogP contribution in [-0.2, 0) is 11.3 Å². The smallest absolute Gasteiger partial charge is 0.165 e. The number of fused-ring (bicyclic) bond motifs is 1. The highest BCUT2D eigenvalue weighted by molar-refractivity contribution is 5.81. The number of hydrogen-bond acceptors (Lipinski definition) is 6. The molecule has 2 aromatic rings. The Bertz CT molecular complexity index is 658. The Morgan fingerprint density at radius 2 is 2.14 bits per heavy atom. The molecule has 1 aliphatic heterocycles. The lowest BCUT2D eigenvalue weighted by Crippen LogP contribution is -2.35. The van der Waals surface area contributed by atoms with Crippen LogP contribution in [0.3, 0.4) is 0 Å². The number of aromatic nitrogens is 4. The van der Waals surface area contributed by atoms with Crippen LogP contribution < -0.4 is 5.73 Å². The molecule has 0 aromatic carbocycles. The van der Waals surface area contributed by atoms with Crippen LogP contribution in [0.25, 0.3) is 11.2 Å². The van der Waals surface area contributed by atoms with Crippen molar-refractivity contribution in [2.45, 2.75) is 39.0 Å². The van der Waals surface area contributed by atoms with Gasteiger partial charge in [0, 0.05) is 0 Å². The fraction of sp³-hybridized carbons (Fsp3) is 0.643. The van der Waals surface area contributed by atoms with Gasteiger partial charge >= 0.3 is 0 Å². The number of nitrogens with zero attached hydrogens (tertiary/aromatic N) is 4. The van der Waals surface area contributed by atoms with Crippen LogP contribution in [-0.4, -0.2) is 42.9 Å². The average molecular weight is 291 g/mol. The number of hydrogen-bond donors (Lipinski definition) is 2. The first-order valence-electron chi connectivity index (χ1n) is 7.16. The molecule has 21 heavy (non-hydrogen) atoms. The van der Waals surface area contributed by atoms with Gasteiger partial charge < -0.3 is 20.1 Å². The number of aliphatic hydroxyl groups is 1. The van der Waals surface area contributed by atoms with Crippen molar-refractivity contribution in [2.75, 3.05) is 12.3 Å². The Kier molecular flexibility index (Phi) is 3.33. The maximum atomic E-state index is 9.58. The van der Waals surface area contributed by atoms with E-state index in [1.54, 1.807) is 6.33 Å². The second-order valence-electron chi connectivity index (χ2n) is 6.10. The van der Waals surface area contributed by atoms with Gasteiger partial charge in [0.15, 0.2) is 11.5 Å². The summed E-state index contributed by atoms with van der Waals surface area (Å²) in [6, 6.07) is 0. The fourth-order valence-electron chi connectivity index (χ4n) is 3.05. The van der Waals surface area contributed by atoms with E-state index in [0.717, 1.165) is 0 Å². The number of nitrogen functional groups attached to an aromatic ring is 1. The van der Waals surface area contributed by atoms with E-state index in [1.165, 1.54) is 6.33 Å². The van der Waals surface area contributed by atoms with Crippen LogP contribution in [0.4, 0.5) is 5.82 Å². The lowest BCUT2D eigenvalue weighted by molar-refractivity contribution is -0.0793. The number of ether oxygens (including phenoxy) is 1. The summed E-state index contributed by atoms with van der Waals surface area (Å²) in [5, 5.41) is 9.58. The number of nitrogens with two attached hydrogens (primary N) is 1. The first-order chi connectivity index (χ1) is 9.96. The molecule has 0 saturated carbocycles. The maximum absolute atomic E-state index is 9.58. The summed E-state index contributed by atoms with van der Waals surface area (Å²) in [5.41, 5.74) is 6.63. The molecule has 3 heterocycles. The fourth-order valence-corrected chi connectivity index (χ4v) is 3.05. The molecular formula is C14H21N5O2. The van der Waals surface area contributed by atoms with Gasteiger partial charge in [0.2, 0.25) is 0 Å². The SMILES string of the molecule is C[C@H]1[C@H](Cn2cnc3c(N)ncnc32)O[C@](C)(CO)[C@H]1C. The van der Waals surface area contributed by atoms with Crippen molar-refractivity contribution in [3.63, 3.8) is 0 Å². The molecule has 2 aromatic heterocycles. The molecule has 0 bridgehead atoms. The summed E-state index contributed by atoms with van der Waals surface area (Å²) >= 11 is 0. The van der Waals surface area contributed by atoms with Gasteiger partial charge in [-0.2, -0.15) is 0 Å². The van der Waals surface area contributed by atoms with Crippen molar-refractivity contribution in [3.8, 4) is 0 Å². The van der Waals surface area contributed by atoms with Crippen molar-refractivity contribution >= 4 is 17.0 Å². The van der Waals surface area contributed by atoms with Gasteiger partial charge in [-0.15, -0.1) is 0 Å². The number of rotatable bonds is 3. The summed E-state index contributed by atoms with van der Waals surface area (Å²) in [4.78, 5) is 12.5. The van der Waals surface area contributed by atoms with Crippen LogP contribution in [0.1, 0.15) is 20.8 Å². The minimum atomic E-state index is -0.492. The molecule has 3 rings (SSSR count). The molecule has 1 aliphatic rings. The summed E-state index contributed by atoms with van der Waals surface area (Å²) < 4.78 is 8.04. The van der Waals surface area contributed by atoms with Crippen molar-refractivity contribution in [3.05, 3.63) is 12.7 Å². The third kappa shape index (κ3) is 2.16. The van der Waals surface area contributed by atoms with E-state index in [9.17, 15) is 5.11 Å². The monoisotopic (exact) mass is 291 g/mol. The van der Waals surface area contributed by atoms with Crippen LogP contribution in [0.2, 0.25) is 0 Å². The van der Waals surface area contributed by atoms with E-state index in [1.807, 2.05) is 11.5 Å². The number of anilines is 1. The zero-order valence-corrected chi connectivity index (χ0v) is 12.5. The highest BCUT2D eigenvalue weighted by Crippen LogP contribution is 2.40. The molecule has 7 heteroatoms. The van der Waals surface area contributed by atoms with Gasteiger partial charge in [-0.25, -0.2) is 15.0 Å². The summed E-state index contributed by atoms with van der Waals surface area (Å²) in [6.07, 6.45) is 3.16. The van der Waals surface area contributed by atoms with Crippen LogP contribution in [0, 0.1) is 11.8 Å². The van der Waals surface area contributed by atoms with E-state index in [2.05, 4.69) is 28.8 Å². The first-order valence-corrected chi connectivity index (χ1v) is 7.16. The normalized spacial score (nSPS) is 32.9. The third-order valence-electron chi connectivity index (χ3n) is 4.88. The van der Waals surface area contributed by atoms with Gasteiger partial charge in [0.1, 0.15) is 11.8 Å². The molecule has 4 atom stereocenters.